The Bertz CT molecular complexity index is 512. The minimum absolute atomic E-state index is 0.518. The van der Waals surface area contributed by atoms with E-state index in [0.717, 1.165) is 14.6 Å². The Hall–Kier alpha value is -0.560. The summed E-state index contributed by atoms with van der Waals surface area (Å²) in [5.41, 5.74) is 0.565. The van der Waals surface area contributed by atoms with Crippen LogP contribution in [0.3, 0.4) is 0 Å². The summed E-state index contributed by atoms with van der Waals surface area (Å²) in [5, 5.41) is 12.4. The zero-order chi connectivity index (χ0) is 9.42. The fraction of sp³-hybridized carbons (Fsp3) is 0. The molecule has 2 aromatic rings. The van der Waals surface area contributed by atoms with Gasteiger partial charge < -0.3 is 0 Å². The molecule has 0 bridgehead atoms. The first kappa shape index (κ1) is 9.01. The Kier molecular flexibility index (Phi) is 2.29. The topological polar surface area (TPSA) is 23.8 Å². The van der Waals surface area contributed by atoms with Gasteiger partial charge in [0.2, 0.25) is 0 Å². The van der Waals surface area contributed by atoms with Crippen LogP contribution in [0.4, 0.5) is 0 Å². The van der Waals surface area contributed by atoms with Crippen LogP contribution in [0.15, 0.2) is 22.0 Å². The maximum atomic E-state index is 8.88. The molecule has 0 saturated heterocycles. The third kappa shape index (κ3) is 1.35. The van der Waals surface area contributed by atoms with Gasteiger partial charge in [0.05, 0.1) is 15.3 Å². The SMILES string of the molecule is N#Cc1c(Cl)ccc2c(Br)csc12. The lowest BCUT2D eigenvalue weighted by Gasteiger charge is -1.95. The van der Waals surface area contributed by atoms with Crippen LogP contribution in [-0.2, 0) is 0 Å². The normalized spacial score (nSPS) is 10.2. The van der Waals surface area contributed by atoms with Crippen LogP contribution in [0.25, 0.3) is 10.1 Å². The summed E-state index contributed by atoms with van der Waals surface area (Å²) < 4.78 is 1.96. The van der Waals surface area contributed by atoms with E-state index in [2.05, 4.69) is 22.0 Å². The number of nitriles is 1. The van der Waals surface area contributed by atoms with Gasteiger partial charge in [-0.3, -0.25) is 0 Å². The molecule has 1 aromatic carbocycles. The van der Waals surface area contributed by atoms with E-state index in [1.54, 1.807) is 6.07 Å². The summed E-state index contributed by atoms with van der Waals surface area (Å²) in [4.78, 5) is 0. The highest BCUT2D eigenvalue weighted by Crippen LogP contribution is 2.35. The van der Waals surface area contributed by atoms with Crippen molar-refractivity contribution in [3.05, 3.63) is 32.6 Å². The Labute approximate surface area is 92.7 Å². The lowest BCUT2D eigenvalue weighted by atomic mass is 10.2. The number of fused-ring (bicyclic) bond motifs is 1. The molecule has 64 valence electrons. The summed E-state index contributed by atoms with van der Waals surface area (Å²) in [6.45, 7) is 0. The Morgan fingerprint density at radius 3 is 2.92 bits per heavy atom. The van der Waals surface area contributed by atoms with Crippen LogP contribution in [0, 0.1) is 11.3 Å². The van der Waals surface area contributed by atoms with E-state index in [1.165, 1.54) is 11.3 Å². The van der Waals surface area contributed by atoms with Crippen LogP contribution in [0.1, 0.15) is 5.56 Å². The summed E-state index contributed by atoms with van der Waals surface area (Å²) >= 11 is 10.8. The van der Waals surface area contributed by atoms with E-state index >= 15 is 0 Å². The second-order valence-electron chi connectivity index (χ2n) is 2.49. The molecule has 4 heteroatoms. The standard InChI is InChI=1S/C9H3BrClNS/c10-7-4-13-9-5(7)1-2-8(11)6(9)3-12/h1-2,4H. The molecule has 0 atom stereocenters. The summed E-state index contributed by atoms with van der Waals surface area (Å²) in [7, 11) is 0. The van der Waals surface area contributed by atoms with E-state index < -0.39 is 0 Å². The number of hydrogen-bond acceptors (Lipinski definition) is 2. The molecule has 0 spiro atoms. The summed E-state index contributed by atoms with van der Waals surface area (Å²) in [6.07, 6.45) is 0. The molecule has 0 amide bonds. The van der Waals surface area contributed by atoms with Crippen molar-refractivity contribution in [3.63, 3.8) is 0 Å². The first-order valence-electron chi connectivity index (χ1n) is 3.49. The Balaban J connectivity index is 2.95. The van der Waals surface area contributed by atoms with Crippen molar-refractivity contribution in [1.29, 1.82) is 5.26 Å². The third-order valence-electron chi connectivity index (χ3n) is 1.76. The van der Waals surface area contributed by atoms with Gasteiger partial charge in [-0.05, 0) is 22.0 Å². The van der Waals surface area contributed by atoms with Gasteiger partial charge in [0.15, 0.2) is 0 Å². The largest absolute Gasteiger partial charge is 0.192 e. The van der Waals surface area contributed by atoms with Crippen LogP contribution in [0.2, 0.25) is 5.02 Å². The molecule has 0 aliphatic carbocycles. The predicted molar refractivity (Wildman–Crippen MR) is 59.3 cm³/mol. The maximum Gasteiger partial charge on any atom is 0.102 e. The molecule has 1 heterocycles. The molecule has 0 N–H and O–H groups in total. The molecule has 0 aliphatic heterocycles. The maximum absolute atomic E-state index is 8.88. The van der Waals surface area contributed by atoms with E-state index in [0.29, 0.717) is 10.6 Å². The minimum atomic E-state index is 0.518. The fourth-order valence-electron chi connectivity index (χ4n) is 1.15. The molecule has 13 heavy (non-hydrogen) atoms. The Morgan fingerprint density at radius 2 is 2.23 bits per heavy atom. The molecular weight excluding hydrogens is 270 g/mol. The minimum Gasteiger partial charge on any atom is -0.192 e. The number of rotatable bonds is 0. The number of benzene rings is 1. The number of nitrogens with zero attached hydrogens (tertiary/aromatic N) is 1. The van der Waals surface area contributed by atoms with E-state index in [9.17, 15) is 0 Å². The highest BCUT2D eigenvalue weighted by atomic mass is 79.9. The summed E-state index contributed by atoms with van der Waals surface area (Å²) in [6, 6.07) is 5.77. The number of thiophene rings is 1. The number of halogens is 2. The molecule has 0 saturated carbocycles. The van der Waals surface area contributed by atoms with Crippen molar-refractivity contribution in [2.24, 2.45) is 0 Å². The van der Waals surface area contributed by atoms with Crippen molar-refractivity contribution >= 4 is 49.0 Å². The molecule has 1 aromatic heterocycles. The van der Waals surface area contributed by atoms with Gasteiger partial charge in [0, 0.05) is 15.2 Å². The van der Waals surface area contributed by atoms with Gasteiger partial charge in [-0.25, -0.2) is 0 Å². The monoisotopic (exact) mass is 271 g/mol. The van der Waals surface area contributed by atoms with Crippen LogP contribution in [-0.4, -0.2) is 0 Å². The highest BCUT2D eigenvalue weighted by Gasteiger charge is 2.09. The second kappa shape index (κ2) is 3.30. The Morgan fingerprint density at radius 1 is 1.46 bits per heavy atom. The second-order valence-corrected chi connectivity index (χ2v) is 4.64. The molecule has 1 nitrogen and oxygen atoms in total. The third-order valence-corrected chi connectivity index (χ3v) is 4.04. The molecule has 0 fully saturated rings. The van der Waals surface area contributed by atoms with Gasteiger partial charge in [0.1, 0.15) is 6.07 Å². The molecule has 0 aliphatic rings. The van der Waals surface area contributed by atoms with Gasteiger partial charge in [0.25, 0.3) is 0 Å². The lowest BCUT2D eigenvalue weighted by Crippen LogP contribution is -1.76. The van der Waals surface area contributed by atoms with Crippen LogP contribution >= 0.6 is 38.9 Å². The zero-order valence-corrected chi connectivity index (χ0v) is 9.50. The van der Waals surface area contributed by atoms with E-state index in [-0.39, 0.29) is 0 Å². The predicted octanol–water partition coefficient (Wildman–Crippen LogP) is 4.19. The van der Waals surface area contributed by atoms with Gasteiger partial charge in [-0.1, -0.05) is 17.7 Å². The van der Waals surface area contributed by atoms with Gasteiger partial charge >= 0.3 is 0 Å². The van der Waals surface area contributed by atoms with Crippen molar-refractivity contribution < 1.29 is 0 Å². The molecule has 2 rings (SSSR count). The zero-order valence-electron chi connectivity index (χ0n) is 6.34. The van der Waals surface area contributed by atoms with Crippen molar-refractivity contribution in [2.75, 3.05) is 0 Å². The fourth-order valence-corrected chi connectivity index (χ4v) is 3.07. The first-order chi connectivity index (χ1) is 6.24. The first-order valence-corrected chi connectivity index (χ1v) is 5.54. The molecule has 0 radical (unpaired) electrons. The van der Waals surface area contributed by atoms with Crippen molar-refractivity contribution in [1.82, 2.24) is 0 Å². The quantitative estimate of drug-likeness (QED) is 0.705. The molecular formula is C9H3BrClNS. The average Bonchev–Trinajstić information content (AvgIpc) is 2.48. The van der Waals surface area contributed by atoms with E-state index in [1.807, 2.05) is 11.4 Å². The lowest BCUT2D eigenvalue weighted by molar-refractivity contribution is 1.51. The van der Waals surface area contributed by atoms with E-state index in [4.69, 9.17) is 16.9 Å². The van der Waals surface area contributed by atoms with Crippen LogP contribution < -0.4 is 0 Å². The van der Waals surface area contributed by atoms with Gasteiger partial charge in [-0.2, -0.15) is 5.26 Å². The average molecular weight is 273 g/mol. The smallest absolute Gasteiger partial charge is 0.102 e. The molecule has 0 unspecified atom stereocenters. The van der Waals surface area contributed by atoms with Crippen molar-refractivity contribution in [2.45, 2.75) is 0 Å². The summed E-state index contributed by atoms with van der Waals surface area (Å²) in [5.74, 6) is 0. The number of hydrogen-bond donors (Lipinski definition) is 0. The van der Waals surface area contributed by atoms with Crippen molar-refractivity contribution in [3.8, 4) is 6.07 Å². The van der Waals surface area contributed by atoms with Crippen LogP contribution in [0.5, 0.6) is 0 Å². The van der Waals surface area contributed by atoms with Gasteiger partial charge in [-0.15, -0.1) is 11.3 Å². The highest BCUT2D eigenvalue weighted by molar-refractivity contribution is 9.10.